The number of esters is 1. The summed E-state index contributed by atoms with van der Waals surface area (Å²) in [6, 6.07) is 14.3. The van der Waals surface area contributed by atoms with Crippen LogP contribution in [0.15, 0.2) is 54.6 Å². The van der Waals surface area contributed by atoms with Crippen molar-refractivity contribution in [2.45, 2.75) is 6.92 Å². The van der Waals surface area contributed by atoms with Gasteiger partial charge in [-0.15, -0.1) is 0 Å². The molecule has 0 heterocycles. The highest BCUT2D eigenvalue weighted by atomic mass is 35.5. The van der Waals surface area contributed by atoms with Gasteiger partial charge in [0.2, 0.25) is 0 Å². The molecule has 0 unspecified atom stereocenters. The molecule has 0 fully saturated rings. The molecule has 2 rings (SSSR count). The van der Waals surface area contributed by atoms with Crippen molar-refractivity contribution in [2.24, 2.45) is 0 Å². The minimum absolute atomic E-state index is 0.348. The molecule has 108 valence electrons. The first-order valence-electron chi connectivity index (χ1n) is 6.56. The van der Waals surface area contributed by atoms with Crippen LogP contribution in [0, 0.1) is 0 Å². The lowest BCUT2D eigenvalue weighted by molar-refractivity contribution is -0.128. The van der Waals surface area contributed by atoms with Crippen LogP contribution in [0.5, 0.6) is 11.5 Å². The highest BCUT2D eigenvalue weighted by molar-refractivity contribution is 6.32. The fourth-order valence-electron chi connectivity index (χ4n) is 1.68. The maximum atomic E-state index is 11.7. The average molecular weight is 303 g/mol. The number of para-hydroxylation sites is 1. The predicted octanol–water partition coefficient (Wildman–Crippen LogP) is 4.36. The van der Waals surface area contributed by atoms with Crippen molar-refractivity contribution in [1.29, 1.82) is 0 Å². The molecule has 0 aromatic heterocycles. The van der Waals surface area contributed by atoms with Gasteiger partial charge < -0.3 is 9.47 Å². The van der Waals surface area contributed by atoms with Crippen molar-refractivity contribution in [3.8, 4) is 11.5 Å². The first kappa shape index (κ1) is 15.1. The van der Waals surface area contributed by atoms with Gasteiger partial charge in [-0.05, 0) is 42.8 Å². The zero-order valence-corrected chi connectivity index (χ0v) is 12.3. The van der Waals surface area contributed by atoms with Crippen molar-refractivity contribution in [2.75, 3.05) is 6.61 Å². The Morgan fingerprint density at radius 2 is 1.86 bits per heavy atom. The number of hydrogen-bond acceptors (Lipinski definition) is 3. The van der Waals surface area contributed by atoms with E-state index in [1.807, 2.05) is 31.2 Å². The summed E-state index contributed by atoms with van der Waals surface area (Å²) in [7, 11) is 0. The molecule has 0 radical (unpaired) electrons. The minimum atomic E-state index is -0.475. The zero-order chi connectivity index (χ0) is 15.1. The van der Waals surface area contributed by atoms with Gasteiger partial charge in [-0.25, -0.2) is 4.79 Å². The molecule has 0 N–H and O–H groups in total. The maximum absolute atomic E-state index is 11.7. The summed E-state index contributed by atoms with van der Waals surface area (Å²) in [5, 5.41) is 0.403. The lowest BCUT2D eigenvalue weighted by atomic mass is 10.2. The van der Waals surface area contributed by atoms with Crippen LogP contribution in [-0.2, 0) is 4.79 Å². The van der Waals surface area contributed by atoms with E-state index in [1.165, 1.54) is 6.08 Å². The monoisotopic (exact) mass is 302 g/mol. The van der Waals surface area contributed by atoms with Crippen molar-refractivity contribution in [3.05, 3.63) is 65.2 Å². The first-order chi connectivity index (χ1) is 10.2. The van der Waals surface area contributed by atoms with E-state index in [0.717, 1.165) is 11.3 Å². The molecular weight excluding hydrogens is 288 g/mol. The summed E-state index contributed by atoms with van der Waals surface area (Å²) in [4.78, 5) is 11.7. The molecule has 0 aliphatic heterocycles. The fraction of sp³-hybridized carbons (Fsp3) is 0.118. The molecule has 2 aromatic rings. The Labute approximate surface area is 128 Å². The molecule has 0 atom stereocenters. The molecule has 0 spiro atoms. The van der Waals surface area contributed by atoms with Crippen LogP contribution in [0.3, 0.4) is 0 Å². The Balaban J connectivity index is 1.97. The fourth-order valence-corrected chi connectivity index (χ4v) is 1.85. The maximum Gasteiger partial charge on any atom is 0.336 e. The van der Waals surface area contributed by atoms with Crippen molar-refractivity contribution < 1.29 is 14.3 Å². The average Bonchev–Trinajstić information content (AvgIpc) is 2.49. The van der Waals surface area contributed by atoms with E-state index < -0.39 is 5.97 Å². The van der Waals surface area contributed by atoms with Gasteiger partial charge in [-0.2, -0.15) is 0 Å². The van der Waals surface area contributed by atoms with E-state index in [1.54, 1.807) is 30.3 Å². The van der Waals surface area contributed by atoms with Crippen LogP contribution in [0.4, 0.5) is 0 Å². The Hall–Kier alpha value is -2.26. The standard InChI is InChI=1S/C17H15ClO3/c1-2-20-14-10-7-13(8-11-14)9-12-17(19)21-16-6-4-3-5-15(16)18/h3-12H,2H2,1H3. The quantitative estimate of drug-likeness (QED) is 0.468. The summed E-state index contributed by atoms with van der Waals surface area (Å²) >= 11 is 5.92. The van der Waals surface area contributed by atoms with Crippen LogP contribution in [0.2, 0.25) is 5.02 Å². The summed E-state index contributed by atoms with van der Waals surface area (Å²) in [5.74, 6) is 0.672. The lowest BCUT2D eigenvalue weighted by Crippen LogP contribution is -2.03. The number of benzene rings is 2. The van der Waals surface area contributed by atoms with E-state index in [-0.39, 0.29) is 0 Å². The van der Waals surface area contributed by atoms with Gasteiger partial charge >= 0.3 is 5.97 Å². The summed E-state index contributed by atoms with van der Waals surface area (Å²) in [5.41, 5.74) is 0.884. The third-order valence-electron chi connectivity index (χ3n) is 2.65. The largest absolute Gasteiger partial charge is 0.494 e. The molecule has 0 amide bonds. The molecule has 2 aromatic carbocycles. The van der Waals surface area contributed by atoms with E-state index in [2.05, 4.69) is 0 Å². The molecule has 0 saturated heterocycles. The van der Waals surface area contributed by atoms with Crippen LogP contribution >= 0.6 is 11.6 Å². The molecule has 21 heavy (non-hydrogen) atoms. The van der Waals surface area contributed by atoms with Gasteiger partial charge in [0.15, 0.2) is 0 Å². The van der Waals surface area contributed by atoms with Gasteiger partial charge in [-0.3, -0.25) is 0 Å². The predicted molar refractivity (Wildman–Crippen MR) is 83.7 cm³/mol. The summed E-state index contributed by atoms with van der Waals surface area (Å²) in [6.45, 7) is 2.55. The Morgan fingerprint density at radius 3 is 2.52 bits per heavy atom. The van der Waals surface area contributed by atoms with E-state index in [4.69, 9.17) is 21.1 Å². The number of halogens is 1. The Bertz CT molecular complexity index is 633. The second-order valence-corrected chi connectivity index (χ2v) is 4.59. The van der Waals surface area contributed by atoms with Gasteiger partial charge in [0, 0.05) is 6.08 Å². The molecule has 0 saturated carbocycles. The van der Waals surface area contributed by atoms with Crippen molar-refractivity contribution in [3.63, 3.8) is 0 Å². The highest BCUT2D eigenvalue weighted by Gasteiger charge is 2.04. The number of hydrogen-bond donors (Lipinski definition) is 0. The first-order valence-corrected chi connectivity index (χ1v) is 6.94. The van der Waals surface area contributed by atoms with Crippen LogP contribution in [-0.4, -0.2) is 12.6 Å². The van der Waals surface area contributed by atoms with Crippen LogP contribution < -0.4 is 9.47 Å². The van der Waals surface area contributed by atoms with Crippen molar-refractivity contribution in [1.82, 2.24) is 0 Å². The SMILES string of the molecule is CCOc1ccc(C=CC(=O)Oc2ccccc2Cl)cc1. The summed E-state index contributed by atoms with van der Waals surface area (Å²) in [6.07, 6.45) is 3.04. The number of carbonyl (C=O) groups is 1. The van der Waals surface area contributed by atoms with Gasteiger partial charge in [0.05, 0.1) is 11.6 Å². The normalized spacial score (nSPS) is 10.6. The second kappa shape index (κ2) is 7.50. The molecule has 0 aliphatic carbocycles. The Morgan fingerprint density at radius 1 is 1.14 bits per heavy atom. The van der Waals surface area contributed by atoms with E-state index >= 15 is 0 Å². The minimum Gasteiger partial charge on any atom is -0.494 e. The third kappa shape index (κ3) is 4.65. The molecule has 4 heteroatoms. The number of rotatable bonds is 5. The van der Waals surface area contributed by atoms with Crippen molar-refractivity contribution >= 4 is 23.6 Å². The Kier molecular flexibility index (Phi) is 5.41. The molecular formula is C17H15ClO3. The van der Waals surface area contributed by atoms with Crippen LogP contribution in [0.1, 0.15) is 12.5 Å². The topological polar surface area (TPSA) is 35.5 Å². The molecule has 0 aliphatic rings. The zero-order valence-electron chi connectivity index (χ0n) is 11.6. The van der Waals surface area contributed by atoms with Gasteiger partial charge in [0.1, 0.15) is 11.5 Å². The van der Waals surface area contributed by atoms with Crippen LogP contribution in [0.25, 0.3) is 6.08 Å². The van der Waals surface area contributed by atoms with E-state index in [9.17, 15) is 4.79 Å². The third-order valence-corrected chi connectivity index (χ3v) is 2.96. The summed E-state index contributed by atoms with van der Waals surface area (Å²) < 4.78 is 10.5. The smallest absolute Gasteiger partial charge is 0.336 e. The highest BCUT2D eigenvalue weighted by Crippen LogP contribution is 2.23. The number of ether oxygens (including phenoxy) is 2. The molecule has 3 nitrogen and oxygen atoms in total. The number of carbonyl (C=O) groups excluding carboxylic acids is 1. The second-order valence-electron chi connectivity index (χ2n) is 4.19. The lowest BCUT2D eigenvalue weighted by Gasteiger charge is -2.03. The molecule has 0 bridgehead atoms. The van der Waals surface area contributed by atoms with Gasteiger partial charge in [-0.1, -0.05) is 35.9 Å². The van der Waals surface area contributed by atoms with Gasteiger partial charge in [0.25, 0.3) is 0 Å². The van der Waals surface area contributed by atoms with E-state index in [0.29, 0.717) is 17.4 Å².